The van der Waals surface area contributed by atoms with Gasteiger partial charge in [0.25, 0.3) is 0 Å². The van der Waals surface area contributed by atoms with Gasteiger partial charge in [-0.25, -0.2) is 0 Å². The van der Waals surface area contributed by atoms with Crippen molar-refractivity contribution in [3.05, 3.63) is 204 Å². The Morgan fingerprint density at radius 1 is 0.556 bits per heavy atom. The Morgan fingerprint density at radius 2 is 1.26 bits per heavy atom. The fourth-order valence-electron chi connectivity index (χ4n) is 13.4. The number of hydrogen-bond donors (Lipinski definition) is 0. The largest absolute Gasteiger partial charge is 0.455 e. The number of furan rings is 1. The Morgan fingerprint density at radius 3 is 2.06 bits per heavy atom. The van der Waals surface area contributed by atoms with Crippen LogP contribution in [-0.4, -0.2) is 6.85 Å². The zero-order valence-electron chi connectivity index (χ0n) is 42.6. The van der Waals surface area contributed by atoms with Crippen LogP contribution in [0.2, 0.25) is 0 Å². The summed E-state index contributed by atoms with van der Waals surface area (Å²) in [5.74, 6) is 0. The third kappa shape index (κ3) is 6.19. The first-order chi connectivity index (χ1) is 34.9. The van der Waals surface area contributed by atoms with Crippen molar-refractivity contribution in [3.8, 4) is 11.1 Å². The number of anilines is 8. The first kappa shape index (κ1) is 43.3. The van der Waals surface area contributed by atoms with E-state index in [-0.39, 0.29) is 23.1 Å². The quantitative estimate of drug-likeness (QED) is 0.149. The molecule has 0 atom stereocenters. The highest BCUT2D eigenvalue weighted by molar-refractivity contribution is 6.94. The van der Waals surface area contributed by atoms with E-state index in [1.807, 2.05) is 0 Å². The van der Waals surface area contributed by atoms with Crippen LogP contribution >= 0.6 is 0 Å². The Balaban J connectivity index is 1.11. The minimum absolute atomic E-state index is 0.0179. The van der Waals surface area contributed by atoms with Crippen molar-refractivity contribution in [1.82, 2.24) is 0 Å². The summed E-state index contributed by atoms with van der Waals surface area (Å²) in [6.07, 6.45) is 5.77. The van der Waals surface area contributed by atoms with E-state index in [1.54, 1.807) is 0 Å². The lowest BCUT2D eigenvalue weighted by molar-refractivity contribution is 0.332. The van der Waals surface area contributed by atoms with Crippen LogP contribution in [-0.2, 0) is 22.7 Å². The average molecular weight is 934 g/mol. The molecule has 0 N–H and O–H groups in total. The first-order valence-electron chi connectivity index (χ1n) is 26.4. The van der Waals surface area contributed by atoms with Gasteiger partial charge in [0.15, 0.2) is 0 Å². The molecular formula is C67H60BN3O. The highest BCUT2D eigenvalue weighted by Gasteiger charge is 2.51. The summed E-state index contributed by atoms with van der Waals surface area (Å²) in [4.78, 5) is 7.82. The molecule has 10 aromatic rings. The molecule has 1 aliphatic carbocycles. The number of hydrogen-bond acceptors (Lipinski definition) is 4. The Labute approximate surface area is 424 Å². The summed E-state index contributed by atoms with van der Waals surface area (Å²) in [7, 11) is 0. The number of benzene rings is 9. The number of para-hydroxylation sites is 3. The maximum Gasteiger partial charge on any atom is 0.333 e. The molecular weight excluding hydrogens is 874 g/mol. The molecule has 0 amide bonds. The van der Waals surface area contributed by atoms with Crippen molar-refractivity contribution in [3.63, 3.8) is 0 Å². The molecule has 0 unspecified atom stereocenters. The fraction of sp³-hybridized carbons (Fsp3) is 0.224. The molecule has 72 heavy (non-hydrogen) atoms. The van der Waals surface area contributed by atoms with Crippen LogP contribution < -0.4 is 25.5 Å². The van der Waals surface area contributed by atoms with Crippen LogP contribution in [0, 0.1) is 0 Å². The second-order valence-corrected chi connectivity index (χ2v) is 23.0. The van der Waals surface area contributed by atoms with Gasteiger partial charge in [0.1, 0.15) is 11.2 Å². The van der Waals surface area contributed by atoms with Crippen molar-refractivity contribution in [2.24, 2.45) is 0 Å². The van der Waals surface area contributed by atoms with Crippen molar-refractivity contribution in [2.75, 3.05) is 14.6 Å². The maximum absolute atomic E-state index is 7.21. The van der Waals surface area contributed by atoms with Gasteiger partial charge < -0.3 is 19.0 Å². The van der Waals surface area contributed by atoms with E-state index in [4.69, 9.17) is 4.42 Å². The van der Waals surface area contributed by atoms with E-state index < -0.39 is 0 Å². The molecule has 5 heteroatoms. The Kier molecular flexibility index (Phi) is 9.32. The molecule has 9 aromatic carbocycles. The summed E-state index contributed by atoms with van der Waals surface area (Å²) < 4.78 is 7.21. The highest BCUT2D eigenvalue weighted by atomic mass is 16.3. The van der Waals surface area contributed by atoms with Gasteiger partial charge in [0.2, 0.25) is 0 Å². The van der Waals surface area contributed by atoms with Crippen LogP contribution in [0.5, 0.6) is 0 Å². The first-order valence-corrected chi connectivity index (χ1v) is 26.4. The molecule has 0 fully saturated rings. The molecule has 4 heterocycles. The van der Waals surface area contributed by atoms with Gasteiger partial charge >= 0.3 is 6.85 Å². The van der Waals surface area contributed by atoms with Gasteiger partial charge in [0, 0.05) is 67.1 Å². The van der Waals surface area contributed by atoms with E-state index in [0.717, 1.165) is 51.8 Å². The van der Waals surface area contributed by atoms with Crippen LogP contribution in [0.15, 0.2) is 180 Å². The van der Waals surface area contributed by atoms with E-state index in [2.05, 4.69) is 239 Å². The van der Waals surface area contributed by atoms with Crippen molar-refractivity contribution >= 4 is 96.0 Å². The smallest absolute Gasteiger partial charge is 0.333 e. The minimum atomic E-state index is -0.276. The highest BCUT2D eigenvalue weighted by Crippen LogP contribution is 2.58. The third-order valence-corrected chi connectivity index (χ3v) is 17.4. The van der Waals surface area contributed by atoms with E-state index in [9.17, 15) is 0 Å². The molecule has 3 aliphatic heterocycles. The predicted molar refractivity (Wildman–Crippen MR) is 306 cm³/mol. The second-order valence-electron chi connectivity index (χ2n) is 23.0. The van der Waals surface area contributed by atoms with Crippen LogP contribution in [0.4, 0.5) is 45.5 Å². The lowest BCUT2D eigenvalue weighted by atomic mass is 9.42. The van der Waals surface area contributed by atoms with Gasteiger partial charge in [0.05, 0.1) is 5.69 Å². The fourth-order valence-corrected chi connectivity index (χ4v) is 13.4. The van der Waals surface area contributed by atoms with E-state index in [1.165, 1.54) is 108 Å². The zero-order valence-corrected chi connectivity index (χ0v) is 42.6. The van der Waals surface area contributed by atoms with Crippen molar-refractivity contribution in [2.45, 2.75) is 96.8 Å². The van der Waals surface area contributed by atoms with Crippen molar-refractivity contribution < 1.29 is 4.42 Å². The van der Waals surface area contributed by atoms with Gasteiger partial charge in [-0.05, 0) is 159 Å². The standard InChI is InChI=1S/C67H60BN3O/c1-8-9-18-42-27-29-46(30-28-42)69(45-21-11-10-12-22-45)47-31-33-50-57(40-47)71(48-32-34-52-54(39-48)66(4,5)36-35-65(52,2)3)68-56-25-17-24-53-63(56)70(58-38-44-20-14-13-19-43(44)37-55(58)67(53,6)7)59-41-51-49-23-15-16-26-60(49)72-64(51)61(50)62(59)68/h10-17,19-34,37-41H,8-9,18,35-36H2,1-7H3. The molecule has 0 spiro atoms. The molecule has 1 aromatic heterocycles. The molecule has 4 nitrogen and oxygen atoms in total. The minimum Gasteiger partial charge on any atom is -0.455 e. The summed E-state index contributed by atoms with van der Waals surface area (Å²) in [6, 6.07) is 67.0. The van der Waals surface area contributed by atoms with Crippen LogP contribution in [0.3, 0.4) is 0 Å². The zero-order chi connectivity index (χ0) is 48.8. The molecule has 0 radical (unpaired) electrons. The maximum atomic E-state index is 7.21. The van der Waals surface area contributed by atoms with Gasteiger partial charge in [-0.2, -0.15) is 0 Å². The van der Waals surface area contributed by atoms with Gasteiger partial charge in [-0.3, -0.25) is 0 Å². The average Bonchev–Trinajstić information content (AvgIpc) is 3.77. The number of fused-ring (bicyclic) bond motifs is 12. The predicted octanol–water partition coefficient (Wildman–Crippen LogP) is 17.2. The normalized spacial score (nSPS) is 16.3. The lowest BCUT2D eigenvalue weighted by Crippen LogP contribution is -2.62. The number of nitrogens with zero attached hydrogens (tertiary/aromatic N) is 3. The summed E-state index contributed by atoms with van der Waals surface area (Å²) in [6.45, 7) is 16.7. The summed E-state index contributed by atoms with van der Waals surface area (Å²) in [5.41, 5.74) is 23.1. The Hall–Kier alpha value is -7.50. The monoisotopic (exact) mass is 933 g/mol. The Bertz CT molecular complexity index is 3860. The number of unbranched alkanes of at least 4 members (excludes halogenated alkanes) is 1. The SMILES string of the molecule is CCCCc1ccc(N(c2ccccc2)c2ccc3c(c2)N(c2ccc4c(c2)C(C)(C)CCC4(C)C)B2c4cccc5c4N(c4cc6ccccc6cc4C5(C)C)c4cc5c(oc6ccccc65)c-3c42)cc1. The molecule has 352 valence electrons. The van der Waals surface area contributed by atoms with Crippen LogP contribution in [0.1, 0.15) is 102 Å². The second kappa shape index (κ2) is 15.5. The molecule has 0 bridgehead atoms. The number of aryl methyl sites for hydroxylation is 1. The van der Waals surface area contributed by atoms with E-state index in [0.29, 0.717) is 0 Å². The van der Waals surface area contributed by atoms with Gasteiger partial charge in [-0.15, -0.1) is 0 Å². The van der Waals surface area contributed by atoms with Crippen LogP contribution in [0.25, 0.3) is 43.8 Å². The van der Waals surface area contributed by atoms with Gasteiger partial charge in [-0.1, -0.05) is 158 Å². The number of rotatable bonds is 7. The lowest BCUT2D eigenvalue weighted by Gasteiger charge is -2.51. The summed E-state index contributed by atoms with van der Waals surface area (Å²) >= 11 is 0. The van der Waals surface area contributed by atoms with Crippen molar-refractivity contribution in [1.29, 1.82) is 0 Å². The molecule has 0 saturated carbocycles. The molecule has 0 saturated heterocycles. The molecule has 14 rings (SSSR count). The third-order valence-electron chi connectivity index (χ3n) is 17.4. The molecule has 4 aliphatic rings. The topological polar surface area (TPSA) is 22.9 Å². The van der Waals surface area contributed by atoms with E-state index >= 15 is 0 Å². The summed E-state index contributed by atoms with van der Waals surface area (Å²) in [5, 5.41) is 4.79.